The van der Waals surface area contributed by atoms with Crippen molar-refractivity contribution < 1.29 is 19.1 Å². The first-order valence-electron chi connectivity index (χ1n) is 6.71. The molecular formula is C16H18O4. The molecule has 20 heavy (non-hydrogen) atoms. The van der Waals surface area contributed by atoms with Gasteiger partial charge in [-0.25, -0.2) is 9.59 Å². The Morgan fingerprint density at radius 1 is 1.10 bits per heavy atom. The molecule has 0 bridgehead atoms. The van der Waals surface area contributed by atoms with Gasteiger partial charge in [-0.1, -0.05) is 12.2 Å². The zero-order chi connectivity index (χ0) is 14.4. The summed E-state index contributed by atoms with van der Waals surface area (Å²) in [6, 6.07) is 6.28. The lowest BCUT2D eigenvalue weighted by molar-refractivity contribution is 0.0431. The lowest BCUT2D eigenvalue weighted by atomic mass is 9.95. The highest BCUT2D eigenvalue weighted by Crippen LogP contribution is 2.18. The molecule has 4 heteroatoms. The molecule has 1 atom stereocenters. The van der Waals surface area contributed by atoms with Crippen LogP contribution in [0.2, 0.25) is 0 Å². The first kappa shape index (κ1) is 14.3. The van der Waals surface area contributed by atoms with Gasteiger partial charge in [0.15, 0.2) is 0 Å². The van der Waals surface area contributed by atoms with Gasteiger partial charge in [0.1, 0.15) is 0 Å². The smallest absolute Gasteiger partial charge is 0.338 e. The van der Waals surface area contributed by atoms with Crippen LogP contribution in [0.1, 0.15) is 40.0 Å². The minimum Gasteiger partial charge on any atom is -0.465 e. The first-order chi connectivity index (χ1) is 9.70. The summed E-state index contributed by atoms with van der Waals surface area (Å²) in [5.74, 6) is -0.354. The Morgan fingerprint density at radius 2 is 1.75 bits per heavy atom. The van der Waals surface area contributed by atoms with Crippen LogP contribution in [0.3, 0.4) is 0 Å². The molecule has 0 amide bonds. The van der Waals surface area contributed by atoms with Crippen molar-refractivity contribution in [3.05, 3.63) is 47.5 Å². The van der Waals surface area contributed by atoms with E-state index < -0.39 is 5.97 Å². The van der Waals surface area contributed by atoms with Crippen molar-refractivity contribution in [3.63, 3.8) is 0 Å². The van der Waals surface area contributed by atoms with E-state index in [2.05, 4.69) is 16.9 Å². The summed E-state index contributed by atoms with van der Waals surface area (Å²) in [6.45, 7) is 0.446. The number of allylic oxidation sites excluding steroid dienone is 2. The molecule has 0 fully saturated rings. The average molecular weight is 274 g/mol. The molecule has 1 unspecified atom stereocenters. The van der Waals surface area contributed by atoms with E-state index in [9.17, 15) is 9.59 Å². The molecule has 106 valence electrons. The van der Waals surface area contributed by atoms with Crippen molar-refractivity contribution in [1.82, 2.24) is 0 Å². The van der Waals surface area contributed by atoms with E-state index in [0.29, 0.717) is 23.7 Å². The van der Waals surface area contributed by atoms with Gasteiger partial charge < -0.3 is 9.47 Å². The number of carbonyl (C=O) groups is 2. The highest BCUT2D eigenvalue weighted by Gasteiger charge is 2.14. The summed E-state index contributed by atoms with van der Waals surface area (Å²) < 4.78 is 9.91. The molecule has 0 saturated carbocycles. The van der Waals surface area contributed by atoms with Crippen molar-refractivity contribution in [2.24, 2.45) is 5.92 Å². The van der Waals surface area contributed by atoms with Gasteiger partial charge in [0.25, 0.3) is 0 Å². The quantitative estimate of drug-likeness (QED) is 0.625. The molecule has 2 rings (SSSR count). The summed E-state index contributed by atoms with van der Waals surface area (Å²) in [5, 5.41) is 0. The molecule has 0 heterocycles. The highest BCUT2D eigenvalue weighted by molar-refractivity contribution is 5.93. The zero-order valence-electron chi connectivity index (χ0n) is 11.5. The molecule has 1 aliphatic carbocycles. The fraction of sp³-hybridized carbons (Fsp3) is 0.375. The van der Waals surface area contributed by atoms with E-state index in [4.69, 9.17) is 4.74 Å². The summed E-state index contributed by atoms with van der Waals surface area (Å²) in [5.41, 5.74) is 0.866. The number of methoxy groups -OCH3 is 1. The molecule has 1 aromatic rings. The molecule has 0 radical (unpaired) electrons. The highest BCUT2D eigenvalue weighted by atomic mass is 16.5. The van der Waals surface area contributed by atoms with Crippen LogP contribution in [-0.4, -0.2) is 25.7 Å². The van der Waals surface area contributed by atoms with Gasteiger partial charge in [-0.2, -0.15) is 0 Å². The van der Waals surface area contributed by atoms with Gasteiger partial charge in [-0.05, 0) is 49.4 Å². The Balaban J connectivity index is 1.88. The first-order valence-corrected chi connectivity index (χ1v) is 6.71. The molecule has 1 aliphatic rings. The Hall–Kier alpha value is -2.10. The predicted molar refractivity (Wildman–Crippen MR) is 74.5 cm³/mol. The molecule has 0 saturated heterocycles. The largest absolute Gasteiger partial charge is 0.465 e. The van der Waals surface area contributed by atoms with E-state index >= 15 is 0 Å². The second-order valence-corrected chi connectivity index (χ2v) is 4.82. The van der Waals surface area contributed by atoms with Crippen LogP contribution in [0.15, 0.2) is 36.4 Å². The van der Waals surface area contributed by atoms with E-state index in [-0.39, 0.29) is 5.97 Å². The fourth-order valence-corrected chi connectivity index (χ4v) is 2.14. The summed E-state index contributed by atoms with van der Waals surface area (Å²) in [7, 11) is 1.32. The van der Waals surface area contributed by atoms with Crippen LogP contribution in [0.4, 0.5) is 0 Å². The molecule has 0 aliphatic heterocycles. The molecular weight excluding hydrogens is 256 g/mol. The van der Waals surface area contributed by atoms with Crippen molar-refractivity contribution in [2.45, 2.75) is 19.3 Å². The minimum absolute atomic E-state index is 0.351. The monoisotopic (exact) mass is 274 g/mol. The third-order valence-electron chi connectivity index (χ3n) is 3.37. The number of benzene rings is 1. The maximum Gasteiger partial charge on any atom is 0.338 e. The second kappa shape index (κ2) is 6.89. The summed E-state index contributed by atoms with van der Waals surface area (Å²) >= 11 is 0. The number of esters is 2. The molecule has 0 spiro atoms. The average Bonchev–Trinajstić information content (AvgIpc) is 2.53. The standard InChI is InChI=1S/C16H18O4/c1-19-15(17)13-7-9-14(10-8-13)16(18)20-11-12-5-3-2-4-6-12/h2-3,7-10,12H,4-6,11H2,1H3. The Morgan fingerprint density at radius 3 is 2.30 bits per heavy atom. The van der Waals surface area contributed by atoms with Crippen LogP contribution in [-0.2, 0) is 9.47 Å². The predicted octanol–water partition coefficient (Wildman–Crippen LogP) is 2.99. The van der Waals surface area contributed by atoms with Crippen LogP contribution in [0.25, 0.3) is 0 Å². The Bertz CT molecular complexity index is 502. The number of carbonyl (C=O) groups excluding carboxylic acids is 2. The number of hydrogen-bond acceptors (Lipinski definition) is 4. The van der Waals surface area contributed by atoms with E-state index in [1.807, 2.05) is 0 Å². The van der Waals surface area contributed by atoms with E-state index in [1.165, 1.54) is 7.11 Å². The van der Waals surface area contributed by atoms with Crippen molar-refractivity contribution in [1.29, 1.82) is 0 Å². The van der Waals surface area contributed by atoms with Gasteiger partial charge in [0.2, 0.25) is 0 Å². The lowest BCUT2D eigenvalue weighted by Gasteiger charge is -2.17. The van der Waals surface area contributed by atoms with Gasteiger partial charge in [-0.3, -0.25) is 0 Å². The van der Waals surface area contributed by atoms with Gasteiger partial charge >= 0.3 is 11.9 Å². The fourth-order valence-electron chi connectivity index (χ4n) is 2.14. The topological polar surface area (TPSA) is 52.6 Å². The summed E-state index contributed by atoms with van der Waals surface area (Å²) in [6.07, 6.45) is 7.37. The van der Waals surface area contributed by atoms with Crippen molar-refractivity contribution in [2.75, 3.05) is 13.7 Å². The van der Waals surface area contributed by atoms with Crippen LogP contribution in [0.5, 0.6) is 0 Å². The van der Waals surface area contributed by atoms with Gasteiger partial charge in [-0.15, -0.1) is 0 Å². The molecule has 0 N–H and O–H groups in total. The van der Waals surface area contributed by atoms with Crippen molar-refractivity contribution >= 4 is 11.9 Å². The maximum absolute atomic E-state index is 11.9. The molecule has 0 aromatic heterocycles. The summed E-state index contributed by atoms with van der Waals surface area (Å²) in [4.78, 5) is 23.2. The number of rotatable bonds is 4. The van der Waals surface area contributed by atoms with Crippen molar-refractivity contribution in [3.8, 4) is 0 Å². The normalized spacial score (nSPS) is 17.6. The number of hydrogen-bond donors (Lipinski definition) is 0. The van der Waals surface area contributed by atoms with Crippen LogP contribution in [0, 0.1) is 5.92 Å². The second-order valence-electron chi connectivity index (χ2n) is 4.82. The minimum atomic E-state index is -0.418. The van der Waals surface area contributed by atoms with Crippen LogP contribution >= 0.6 is 0 Å². The van der Waals surface area contributed by atoms with Gasteiger partial charge in [0.05, 0.1) is 24.8 Å². The maximum atomic E-state index is 11.9. The van der Waals surface area contributed by atoms with E-state index in [0.717, 1.165) is 19.3 Å². The van der Waals surface area contributed by atoms with Crippen LogP contribution < -0.4 is 0 Å². The van der Waals surface area contributed by atoms with E-state index in [1.54, 1.807) is 24.3 Å². The Kier molecular flexibility index (Phi) is 4.93. The SMILES string of the molecule is COC(=O)c1ccc(C(=O)OCC2CC=CCC2)cc1. The third kappa shape index (κ3) is 3.70. The Labute approximate surface area is 118 Å². The third-order valence-corrected chi connectivity index (χ3v) is 3.37. The van der Waals surface area contributed by atoms with Gasteiger partial charge in [0, 0.05) is 0 Å². The zero-order valence-corrected chi connectivity index (χ0v) is 11.5. The number of ether oxygens (including phenoxy) is 2. The lowest BCUT2D eigenvalue weighted by Crippen LogP contribution is -2.15. The molecule has 1 aromatic carbocycles. The molecule has 4 nitrogen and oxygen atoms in total.